The number of aromatic nitrogens is 1. The van der Waals surface area contributed by atoms with Gasteiger partial charge in [0.2, 0.25) is 0 Å². The zero-order valence-corrected chi connectivity index (χ0v) is 22.5. The molecule has 0 aliphatic carbocycles. The van der Waals surface area contributed by atoms with Crippen LogP contribution in [0.4, 0.5) is 13.2 Å². The van der Waals surface area contributed by atoms with E-state index in [-0.39, 0.29) is 18.3 Å². The molecule has 1 fully saturated rings. The normalized spacial score (nSPS) is 19.2. The van der Waals surface area contributed by atoms with Crippen LogP contribution in [0.2, 0.25) is 0 Å². The van der Waals surface area contributed by atoms with Crippen molar-refractivity contribution in [3.05, 3.63) is 65.9 Å². The maximum absolute atomic E-state index is 12.8. The van der Waals surface area contributed by atoms with E-state index in [1.807, 2.05) is 24.3 Å². The Bertz CT molecular complexity index is 1260. The Morgan fingerprint density at radius 1 is 1.18 bits per heavy atom. The molecule has 1 unspecified atom stereocenters. The van der Waals surface area contributed by atoms with Gasteiger partial charge in [-0.05, 0) is 91.7 Å². The number of aliphatic carboxylic acids is 1. The smallest absolute Gasteiger partial charge is 0.416 e. The molecule has 0 spiro atoms. The number of likely N-dealkylation sites (tertiary alicyclic amines) is 1. The standard InChI is InChI=1S/C29H33F3N2O4S/c1-38-22-5-8-26-25(17-22)24(10-12-33-26)27(35)9-2-19-11-13-34(18-20(19)16-28(36)37)14-15-39-23-6-3-21(4-7-23)29(30,31)32/h3-8,10,12,17,19-20,27,35H,2,9,11,13-16,18H2,1H3,(H,36,37)/t19-,20+,27?/m1/s1. The van der Waals surface area contributed by atoms with Gasteiger partial charge in [-0.1, -0.05) is 0 Å². The van der Waals surface area contributed by atoms with E-state index < -0.39 is 23.8 Å². The molecule has 3 aromatic rings. The number of halogens is 3. The second-order valence-electron chi connectivity index (χ2n) is 9.95. The molecule has 4 rings (SSSR count). The highest BCUT2D eigenvalue weighted by atomic mass is 32.2. The van der Waals surface area contributed by atoms with Crippen molar-refractivity contribution in [1.29, 1.82) is 0 Å². The van der Waals surface area contributed by atoms with Gasteiger partial charge in [0.15, 0.2) is 0 Å². The van der Waals surface area contributed by atoms with Gasteiger partial charge in [0.05, 0.1) is 24.3 Å². The van der Waals surface area contributed by atoms with Crippen molar-refractivity contribution in [3.63, 3.8) is 0 Å². The lowest BCUT2D eigenvalue weighted by atomic mass is 9.79. The summed E-state index contributed by atoms with van der Waals surface area (Å²) in [6.45, 7) is 2.19. The Balaban J connectivity index is 1.32. The molecule has 0 saturated carbocycles. The number of ether oxygens (including phenoxy) is 1. The first-order chi connectivity index (χ1) is 18.6. The number of nitrogens with zero attached hydrogens (tertiary/aromatic N) is 2. The average Bonchev–Trinajstić information content (AvgIpc) is 2.91. The van der Waals surface area contributed by atoms with Crippen LogP contribution in [0, 0.1) is 11.8 Å². The van der Waals surface area contributed by atoms with Crippen molar-refractivity contribution in [2.24, 2.45) is 11.8 Å². The molecule has 39 heavy (non-hydrogen) atoms. The number of hydrogen-bond acceptors (Lipinski definition) is 6. The molecule has 1 aliphatic heterocycles. The molecule has 0 radical (unpaired) electrons. The molecule has 1 saturated heterocycles. The van der Waals surface area contributed by atoms with Crippen molar-refractivity contribution in [2.75, 3.05) is 32.5 Å². The molecular formula is C29H33F3N2O4S. The number of piperidine rings is 1. The van der Waals surface area contributed by atoms with Gasteiger partial charge in [-0.3, -0.25) is 9.78 Å². The van der Waals surface area contributed by atoms with Gasteiger partial charge >= 0.3 is 12.1 Å². The zero-order chi connectivity index (χ0) is 28.0. The summed E-state index contributed by atoms with van der Waals surface area (Å²) in [5.41, 5.74) is 0.900. The number of hydrogen-bond donors (Lipinski definition) is 2. The second-order valence-corrected chi connectivity index (χ2v) is 11.1. The van der Waals surface area contributed by atoms with Gasteiger partial charge < -0.3 is 19.8 Å². The Morgan fingerprint density at radius 3 is 2.64 bits per heavy atom. The molecule has 3 atom stereocenters. The fraction of sp³-hybridized carbons (Fsp3) is 0.448. The van der Waals surface area contributed by atoms with E-state index in [1.165, 1.54) is 23.9 Å². The summed E-state index contributed by atoms with van der Waals surface area (Å²) < 4.78 is 43.6. The first-order valence-corrected chi connectivity index (χ1v) is 14.0. The SMILES string of the molecule is COc1ccc2nccc(C(O)CC[C@@H]3CCN(CCSc4ccc(C(F)(F)F)cc4)C[C@@H]3CC(=O)O)c2c1. The fourth-order valence-corrected chi connectivity index (χ4v) is 6.23. The number of aliphatic hydroxyl groups excluding tert-OH is 1. The van der Waals surface area contributed by atoms with Gasteiger partial charge in [0.25, 0.3) is 0 Å². The Kier molecular flexibility index (Phi) is 9.74. The topological polar surface area (TPSA) is 82.9 Å². The highest BCUT2D eigenvalue weighted by Crippen LogP contribution is 2.35. The number of thioether (sulfide) groups is 1. The predicted octanol–water partition coefficient (Wildman–Crippen LogP) is 6.28. The molecule has 0 amide bonds. The van der Waals surface area contributed by atoms with Crippen LogP contribution < -0.4 is 4.74 Å². The summed E-state index contributed by atoms with van der Waals surface area (Å²) in [5.74, 6) is 0.701. The number of carboxylic acid groups (broad SMARTS) is 1. The van der Waals surface area contributed by atoms with Crippen LogP contribution in [-0.2, 0) is 11.0 Å². The number of carboxylic acids is 1. The van der Waals surface area contributed by atoms with Crippen molar-refractivity contribution in [1.82, 2.24) is 9.88 Å². The van der Waals surface area contributed by atoms with E-state index in [9.17, 15) is 28.2 Å². The lowest BCUT2D eigenvalue weighted by Gasteiger charge is -2.38. The van der Waals surface area contributed by atoms with Crippen LogP contribution in [0.15, 0.2) is 59.6 Å². The van der Waals surface area contributed by atoms with Gasteiger partial charge in [-0.2, -0.15) is 13.2 Å². The van der Waals surface area contributed by atoms with Crippen LogP contribution in [0.5, 0.6) is 5.75 Å². The third-order valence-corrected chi connectivity index (χ3v) is 8.41. The molecule has 10 heteroatoms. The van der Waals surface area contributed by atoms with Crippen molar-refractivity contribution >= 4 is 28.6 Å². The maximum atomic E-state index is 12.8. The van der Waals surface area contributed by atoms with Crippen LogP contribution in [0.3, 0.4) is 0 Å². The number of carbonyl (C=O) groups is 1. The average molecular weight is 563 g/mol. The lowest BCUT2D eigenvalue weighted by Crippen LogP contribution is -2.42. The monoisotopic (exact) mass is 562 g/mol. The molecule has 6 nitrogen and oxygen atoms in total. The van der Waals surface area contributed by atoms with Crippen LogP contribution in [0.25, 0.3) is 10.9 Å². The molecule has 2 N–H and O–H groups in total. The van der Waals surface area contributed by atoms with E-state index in [0.717, 1.165) is 53.0 Å². The van der Waals surface area contributed by atoms with Crippen LogP contribution in [0.1, 0.15) is 42.9 Å². The Morgan fingerprint density at radius 2 is 1.95 bits per heavy atom. The predicted molar refractivity (Wildman–Crippen MR) is 145 cm³/mol. The summed E-state index contributed by atoms with van der Waals surface area (Å²) in [6, 6.07) is 12.5. The minimum atomic E-state index is -4.34. The summed E-state index contributed by atoms with van der Waals surface area (Å²) in [6.07, 6.45) is -1.24. The van der Waals surface area contributed by atoms with Gasteiger partial charge in [0.1, 0.15) is 5.75 Å². The van der Waals surface area contributed by atoms with Crippen LogP contribution >= 0.6 is 11.8 Å². The number of rotatable bonds is 11. The number of benzene rings is 2. The summed E-state index contributed by atoms with van der Waals surface area (Å²) in [7, 11) is 1.59. The summed E-state index contributed by atoms with van der Waals surface area (Å²) in [4.78, 5) is 19.0. The minimum absolute atomic E-state index is 0.0335. The summed E-state index contributed by atoms with van der Waals surface area (Å²) >= 11 is 1.49. The third kappa shape index (κ3) is 7.86. The lowest BCUT2D eigenvalue weighted by molar-refractivity contribution is -0.139. The quantitative estimate of drug-likeness (QED) is 0.266. The number of pyridine rings is 1. The largest absolute Gasteiger partial charge is 0.497 e. The van der Waals surface area contributed by atoms with E-state index in [0.29, 0.717) is 30.9 Å². The first-order valence-electron chi connectivity index (χ1n) is 13.0. The molecule has 0 bridgehead atoms. The van der Waals surface area contributed by atoms with Gasteiger partial charge in [-0.15, -0.1) is 11.8 Å². The fourth-order valence-electron chi connectivity index (χ4n) is 5.32. The number of methoxy groups -OCH3 is 1. The number of alkyl halides is 3. The van der Waals surface area contributed by atoms with E-state index in [2.05, 4.69) is 9.88 Å². The maximum Gasteiger partial charge on any atom is 0.416 e. The number of aliphatic hydroxyl groups is 1. The zero-order valence-electron chi connectivity index (χ0n) is 21.7. The van der Waals surface area contributed by atoms with Crippen LogP contribution in [-0.4, -0.2) is 58.6 Å². The van der Waals surface area contributed by atoms with Crippen molar-refractivity contribution < 1.29 is 32.9 Å². The molecular weight excluding hydrogens is 529 g/mol. The highest BCUT2D eigenvalue weighted by molar-refractivity contribution is 7.99. The Labute approximate surface area is 230 Å². The van der Waals surface area contributed by atoms with Gasteiger partial charge in [-0.25, -0.2) is 0 Å². The van der Waals surface area contributed by atoms with Gasteiger partial charge in [0, 0.05) is 41.7 Å². The van der Waals surface area contributed by atoms with Crippen molar-refractivity contribution in [2.45, 2.75) is 42.9 Å². The highest BCUT2D eigenvalue weighted by Gasteiger charge is 2.32. The molecule has 210 valence electrons. The minimum Gasteiger partial charge on any atom is -0.497 e. The second kappa shape index (κ2) is 13.0. The molecule has 1 aromatic heterocycles. The first kappa shape index (κ1) is 29.2. The van der Waals surface area contributed by atoms with Crippen molar-refractivity contribution in [3.8, 4) is 5.75 Å². The molecule has 1 aliphatic rings. The van der Waals surface area contributed by atoms with E-state index in [4.69, 9.17) is 4.74 Å². The molecule has 2 aromatic carbocycles. The Hall–Kier alpha value is -2.82. The summed E-state index contributed by atoms with van der Waals surface area (Å²) in [5, 5.41) is 21.4. The van der Waals surface area contributed by atoms with E-state index >= 15 is 0 Å². The number of fused-ring (bicyclic) bond motifs is 1. The van der Waals surface area contributed by atoms with E-state index in [1.54, 1.807) is 13.3 Å². The third-order valence-electron chi connectivity index (χ3n) is 7.42. The molecule has 2 heterocycles.